The van der Waals surface area contributed by atoms with Gasteiger partial charge in [-0.2, -0.15) is 0 Å². The molecule has 0 bridgehead atoms. The smallest absolute Gasteiger partial charge is 0.326 e. The molecule has 3 N–H and O–H groups in total. The third-order valence-corrected chi connectivity index (χ3v) is 3.86. The van der Waals surface area contributed by atoms with Crippen LogP contribution in [0.2, 0.25) is 0 Å². The number of anilines is 1. The van der Waals surface area contributed by atoms with Crippen LogP contribution in [-0.4, -0.2) is 45.8 Å². The standard InChI is InChI=1S/C16H16N2O4/c19-11-8-14(15(20)21)18(9-11)16(22)17-13-7-3-5-10-4-1-2-6-12(10)13/h1-7,11,14,19H,8-9H2,(H,17,22)(H,20,21). The van der Waals surface area contributed by atoms with E-state index in [2.05, 4.69) is 5.32 Å². The highest BCUT2D eigenvalue weighted by Gasteiger charge is 2.39. The minimum absolute atomic E-state index is 0.0214. The lowest BCUT2D eigenvalue weighted by atomic mass is 10.1. The summed E-state index contributed by atoms with van der Waals surface area (Å²) in [5, 5.41) is 23.4. The number of carbonyl (C=O) groups is 2. The molecule has 1 heterocycles. The number of benzene rings is 2. The fraction of sp³-hybridized carbons (Fsp3) is 0.250. The average molecular weight is 300 g/mol. The van der Waals surface area contributed by atoms with Gasteiger partial charge in [0.05, 0.1) is 11.8 Å². The normalized spacial score (nSPS) is 21.0. The highest BCUT2D eigenvalue weighted by atomic mass is 16.4. The van der Waals surface area contributed by atoms with Gasteiger partial charge < -0.3 is 20.4 Å². The fourth-order valence-electron chi connectivity index (χ4n) is 2.79. The highest BCUT2D eigenvalue weighted by molar-refractivity contribution is 6.02. The van der Waals surface area contributed by atoms with Crippen LogP contribution in [0.3, 0.4) is 0 Å². The van der Waals surface area contributed by atoms with Crippen molar-refractivity contribution in [3.05, 3.63) is 42.5 Å². The number of hydrogen-bond donors (Lipinski definition) is 3. The number of nitrogens with zero attached hydrogens (tertiary/aromatic N) is 1. The fourth-order valence-corrected chi connectivity index (χ4v) is 2.79. The molecule has 2 aromatic rings. The molecule has 6 heteroatoms. The topological polar surface area (TPSA) is 89.9 Å². The van der Waals surface area contributed by atoms with Crippen LogP contribution < -0.4 is 5.32 Å². The molecule has 3 rings (SSSR count). The molecule has 1 aliphatic rings. The van der Waals surface area contributed by atoms with Crippen LogP contribution in [-0.2, 0) is 4.79 Å². The second kappa shape index (κ2) is 5.65. The maximum absolute atomic E-state index is 12.4. The van der Waals surface area contributed by atoms with E-state index in [9.17, 15) is 14.7 Å². The van der Waals surface area contributed by atoms with Gasteiger partial charge in [0.1, 0.15) is 6.04 Å². The van der Waals surface area contributed by atoms with Gasteiger partial charge in [-0.05, 0) is 11.5 Å². The quantitative estimate of drug-likeness (QED) is 0.790. The number of carboxylic acid groups (broad SMARTS) is 1. The first kappa shape index (κ1) is 14.3. The number of amides is 2. The summed E-state index contributed by atoms with van der Waals surface area (Å²) in [6.07, 6.45) is -0.752. The van der Waals surface area contributed by atoms with Gasteiger partial charge in [-0.1, -0.05) is 36.4 Å². The SMILES string of the molecule is O=C(O)C1CC(O)CN1C(=O)Nc1cccc2ccccc12. The van der Waals surface area contributed by atoms with E-state index in [-0.39, 0.29) is 13.0 Å². The number of urea groups is 1. The molecule has 1 saturated heterocycles. The van der Waals surface area contributed by atoms with Crippen molar-refractivity contribution in [2.45, 2.75) is 18.6 Å². The van der Waals surface area contributed by atoms with Crippen molar-refractivity contribution in [2.75, 3.05) is 11.9 Å². The van der Waals surface area contributed by atoms with Crippen LogP contribution in [0.1, 0.15) is 6.42 Å². The molecule has 0 aromatic heterocycles. The van der Waals surface area contributed by atoms with Crippen LogP contribution in [0.15, 0.2) is 42.5 Å². The molecule has 0 saturated carbocycles. The maximum atomic E-state index is 12.4. The molecule has 6 nitrogen and oxygen atoms in total. The number of aliphatic carboxylic acids is 1. The van der Waals surface area contributed by atoms with Crippen molar-refractivity contribution < 1.29 is 19.8 Å². The number of nitrogens with one attached hydrogen (secondary N) is 1. The Morgan fingerprint density at radius 1 is 1.14 bits per heavy atom. The monoisotopic (exact) mass is 300 g/mol. The number of aliphatic hydroxyl groups is 1. The molecule has 2 atom stereocenters. The molecule has 22 heavy (non-hydrogen) atoms. The van der Waals surface area contributed by atoms with Crippen LogP contribution in [0.5, 0.6) is 0 Å². The molecule has 2 amide bonds. The zero-order valence-corrected chi connectivity index (χ0v) is 11.8. The van der Waals surface area contributed by atoms with E-state index >= 15 is 0 Å². The maximum Gasteiger partial charge on any atom is 0.326 e. The molecule has 0 radical (unpaired) electrons. The van der Waals surface area contributed by atoms with E-state index in [1.54, 1.807) is 6.07 Å². The lowest BCUT2D eigenvalue weighted by molar-refractivity contribution is -0.141. The third-order valence-electron chi connectivity index (χ3n) is 3.86. The Kier molecular flexibility index (Phi) is 3.68. The number of carboxylic acids is 1. The Labute approximate surface area is 127 Å². The lowest BCUT2D eigenvalue weighted by Crippen LogP contribution is -2.43. The Morgan fingerprint density at radius 3 is 2.64 bits per heavy atom. The Hall–Kier alpha value is -2.60. The second-order valence-corrected chi connectivity index (χ2v) is 5.35. The van der Waals surface area contributed by atoms with Gasteiger partial charge in [-0.3, -0.25) is 0 Å². The van der Waals surface area contributed by atoms with Crippen LogP contribution >= 0.6 is 0 Å². The predicted molar refractivity (Wildman–Crippen MR) is 81.7 cm³/mol. The van der Waals surface area contributed by atoms with Gasteiger partial charge >= 0.3 is 12.0 Å². The van der Waals surface area contributed by atoms with Crippen LogP contribution in [0.25, 0.3) is 10.8 Å². The lowest BCUT2D eigenvalue weighted by Gasteiger charge is -2.22. The van der Waals surface area contributed by atoms with E-state index in [0.717, 1.165) is 15.7 Å². The van der Waals surface area contributed by atoms with E-state index in [1.807, 2.05) is 36.4 Å². The minimum Gasteiger partial charge on any atom is -0.480 e. The summed E-state index contributed by atoms with van der Waals surface area (Å²) in [6.45, 7) is 0.0214. The molecular formula is C16H16N2O4. The number of rotatable bonds is 2. The van der Waals surface area contributed by atoms with Crippen molar-refractivity contribution in [3.63, 3.8) is 0 Å². The summed E-state index contributed by atoms with van der Waals surface area (Å²) < 4.78 is 0. The molecule has 1 fully saturated rings. The van der Waals surface area contributed by atoms with Crippen molar-refractivity contribution in [3.8, 4) is 0 Å². The molecule has 2 unspecified atom stereocenters. The molecule has 1 aliphatic heterocycles. The molecular weight excluding hydrogens is 284 g/mol. The van der Waals surface area contributed by atoms with E-state index in [0.29, 0.717) is 5.69 Å². The summed E-state index contributed by atoms with van der Waals surface area (Å²) in [4.78, 5) is 24.7. The highest BCUT2D eigenvalue weighted by Crippen LogP contribution is 2.25. The van der Waals surface area contributed by atoms with Gasteiger partial charge in [0, 0.05) is 18.4 Å². The summed E-state index contributed by atoms with van der Waals surface area (Å²) >= 11 is 0. The van der Waals surface area contributed by atoms with E-state index < -0.39 is 24.1 Å². The third kappa shape index (κ3) is 2.60. The summed E-state index contributed by atoms with van der Waals surface area (Å²) in [5.74, 6) is -1.11. The Morgan fingerprint density at radius 2 is 1.86 bits per heavy atom. The zero-order chi connectivity index (χ0) is 15.7. The van der Waals surface area contributed by atoms with Crippen LogP contribution in [0.4, 0.5) is 10.5 Å². The number of aliphatic hydroxyl groups excluding tert-OH is 1. The number of fused-ring (bicyclic) bond motifs is 1. The van der Waals surface area contributed by atoms with Crippen LogP contribution in [0, 0.1) is 0 Å². The molecule has 0 spiro atoms. The van der Waals surface area contributed by atoms with Crippen molar-refractivity contribution in [1.29, 1.82) is 0 Å². The number of likely N-dealkylation sites (tertiary alicyclic amines) is 1. The zero-order valence-electron chi connectivity index (χ0n) is 11.8. The average Bonchev–Trinajstić information content (AvgIpc) is 2.90. The van der Waals surface area contributed by atoms with E-state index in [4.69, 9.17) is 5.11 Å². The molecule has 2 aromatic carbocycles. The van der Waals surface area contributed by atoms with Gasteiger partial charge in [0.15, 0.2) is 0 Å². The predicted octanol–water partition coefficient (Wildman–Crippen LogP) is 1.89. The van der Waals surface area contributed by atoms with Gasteiger partial charge in [-0.25, -0.2) is 9.59 Å². The largest absolute Gasteiger partial charge is 0.480 e. The molecule has 0 aliphatic carbocycles. The summed E-state index contributed by atoms with van der Waals surface area (Å²) in [5.41, 5.74) is 0.619. The number of carbonyl (C=O) groups excluding carboxylic acids is 1. The first-order valence-electron chi connectivity index (χ1n) is 7.02. The number of β-amino-alcohol motifs (C(OH)–C–C–N with tert-alkyl or cyclic N) is 1. The van der Waals surface area contributed by atoms with E-state index in [1.165, 1.54) is 0 Å². The summed E-state index contributed by atoms with van der Waals surface area (Å²) in [6, 6.07) is 11.6. The Bertz CT molecular complexity index is 726. The van der Waals surface area contributed by atoms with Gasteiger partial charge in [0.2, 0.25) is 0 Å². The van der Waals surface area contributed by atoms with Crippen molar-refractivity contribution in [1.82, 2.24) is 4.90 Å². The number of hydrogen-bond acceptors (Lipinski definition) is 3. The Balaban J connectivity index is 1.85. The van der Waals surface area contributed by atoms with Crippen molar-refractivity contribution >= 4 is 28.5 Å². The molecule has 114 valence electrons. The van der Waals surface area contributed by atoms with Crippen molar-refractivity contribution in [2.24, 2.45) is 0 Å². The first-order chi connectivity index (χ1) is 10.6. The minimum atomic E-state index is -1.11. The van der Waals surface area contributed by atoms with Gasteiger partial charge in [0.25, 0.3) is 0 Å². The summed E-state index contributed by atoms with van der Waals surface area (Å²) in [7, 11) is 0. The second-order valence-electron chi connectivity index (χ2n) is 5.35. The van der Waals surface area contributed by atoms with Gasteiger partial charge in [-0.15, -0.1) is 0 Å². The first-order valence-corrected chi connectivity index (χ1v) is 7.02.